The largest absolute Gasteiger partial charge is 0.377 e. The van der Waals surface area contributed by atoms with E-state index in [1.165, 1.54) is 0 Å². The Morgan fingerprint density at radius 3 is 3.06 bits per heavy atom. The van der Waals surface area contributed by atoms with Crippen LogP contribution >= 0.6 is 11.6 Å². The van der Waals surface area contributed by atoms with Gasteiger partial charge in [0.25, 0.3) is 0 Å². The zero-order chi connectivity index (χ0) is 12.3. The van der Waals surface area contributed by atoms with Gasteiger partial charge in [0.2, 0.25) is 0 Å². The Morgan fingerprint density at radius 2 is 2.41 bits per heavy atom. The summed E-state index contributed by atoms with van der Waals surface area (Å²) in [7, 11) is 0. The van der Waals surface area contributed by atoms with E-state index >= 15 is 0 Å². The molecule has 0 aliphatic carbocycles. The SMILES string of the molecule is CCC1COCCN1c1ccc(C#N)cc1Cl. The average Bonchev–Trinajstić information content (AvgIpc) is 2.38. The second-order valence-electron chi connectivity index (χ2n) is 4.11. The molecule has 1 aromatic carbocycles. The molecule has 1 aliphatic heterocycles. The zero-order valence-electron chi connectivity index (χ0n) is 9.82. The van der Waals surface area contributed by atoms with Crippen molar-refractivity contribution in [1.29, 1.82) is 5.26 Å². The van der Waals surface area contributed by atoms with Gasteiger partial charge in [-0.15, -0.1) is 0 Å². The van der Waals surface area contributed by atoms with Gasteiger partial charge in [-0.05, 0) is 24.6 Å². The first-order valence-corrected chi connectivity index (χ1v) is 6.18. The van der Waals surface area contributed by atoms with Gasteiger partial charge in [0.05, 0.1) is 41.6 Å². The number of ether oxygens (including phenoxy) is 1. The van der Waals surface area contributed by atoms with Gasteiger partial charge in [0.15, 0.2) is 0 Å². The number of anilines is 1. The summed E-state index contributed by atoms with van der Waals surface area (Å²) in [5, 5.41) is 9.46. The molecule has 1 fully saturated rings. The Hall–Kier alpha value is -1.24. The highest BCUT2D eigenvalue weighted by Gasteiger charge is 2.23. The Balaban J connectivity index is 2.29. The normalized spacial score (nSPS) is 20.1. The summed E-state index contributed by atoms with van der Waals surface area (Å²) in [6, 6.07) is 7.92. The highest BCUT2D eigenvalue weighted by atomic mass is 35.5. The lowest BCUT2D eigenvalue weighted by molar-refractivity contribution is 0.0930. The maximum Gasteiger partial charge on any atom is 0.0992 e. The van der Waals surface area contributed by atoms with E-state index in [1.54, 1.807) is 6.07 Å². The number of hydrogen-bond acceptors (Lipinski definition) is 3. The maximum atomic E-state index is 8.82. The third-order valence-electron chi connectivity index (χ3n) is 3.08. The maximum absolute atomic E-state index is 8.82. The summed E-state index contributed by atoms with van der Waals surface area (Å²) in [5.41, 5.74) is 1.60. The van der Waals surface area contributed by atoms with Crippen LogP contribution < -0.4 is 4.90 Å². The van der Waals surface area contributed by atoms with Crippen LogP contribution in [-0.2, 0) is 4.74 Å². The van der Waals surface area contributed by atoms with E-state index < -0.39 is 0 Å². The van der Waals surface area contributed by atoms with Crippen molar-refractivity contribution in [2.75, 3.05) is 24.7 Å². The monoisotopic (exact) mass is 250 g/mol. The molecule has 0 radical (unpaired) electrons. The van der Waals surface area contributed by atoms with E-state index in [4.69, 9.17) is 21.6 Å². The molecule has 90 valence electrons. The Labute approximate surface area is 107 Å². The predicted molar refractivity (Wildman–Crippen MR) is 68.4 cm³/mol. The van der Waals surface area contributed by atoms with Crippen LogP contribution in [-0.4, -0.2) is 25.8 Å². The molecule has 0 N–H and O–H groups in total. The van der Waals surface area contributed by atoms with E-state index in [9.17, 15) is 0 Å². The fourth-order valence-corrected chi connectivity index (χ4v) is 2.41. The quantitative estimate of drug-likeness (QED) is 0.810. The second-order valence-corrected chi connectivity index (χ2v) is 4.52. The van der Waals surface area contributed by atoms with Crippen LogP contribution in [0.5, 0.6) is 0 Å². The molecular formula is C13H15ClN2O. The molecule has 2 rings (SSSR count). The third kappa shape index (κ3) is 2.54. The Morgan fingerprint density at radius 1 is 1.59 bits per heavy atom. The highest BCUT2D eigenvalue weighted by molar-refractivity contribution is 6.33. The van der Waals surface area contributed by atoms with E-state index in [0.29, 0.717) is 16.6 Å². The van der Waals surface area contributed by atoms with Crippen LogP contribution in [0.4, 0.5) is 5.69 Å². The van der Waals surface area contributed by atoms with Crippen LogP contribution in [0.2, 0.25) is 5.02 Å². The summed E-state index contributed by atoms with van der Waals surface area (Å²) in [6.07, 6.45) is 1.02. The fourth-order valence-electron chi connectivity index (χ4n) is 2.12. The molecule has 1 aromatic rings. The topological polar surface area (TPSA) is 36.3 Å². The van der Waals surface area contributed by atoms with Gasteiger partial charge >= 0.3 is 0 Å². The summed E-state index contributed by atoms with van der Waals surface area (Å²) in [6.45, 7) is 4.47. The minimum absolute atomic E-state index is 0.370. The van der Waals surface area contributed by atoms with Crippen molar-refractivity contribution < 1.29 is 4.74 Å². The van der Waals surface area contributed by atoms with Crippen molar-refractivity contribution in [2.24, 2.45) is 0 Å². The molecule has 1 unspecified atom stereocenters. The predicted octanol–water partition coefficient (Wildman–Crippen LogP) is 2.83. The summed E-state index contributed by atoms with van der Waals surface area (Å²) in [5.74, 6) is 0. The Kier molecular flexibility index (Phi) is 3.88. The standard InChI is InChI=1S/C13H15ClN2O/c1-2-11-9-17-6-5-16(11)13-4-3-10(8-15)7-12(13)14/h3-4,7,11H,2,5-6,9H2,1H3. The summed E-state index contributed by atoms with van der Waals surface area (Å²) >= 11 is 6.23. The minimum atomic E-state index is 0.370. The molecule has 0 aromatic heterocycles. The van der Waals surface area contributed by atoms with Gasteiger partial charge in [-0.1, -0.05) is 18.5 Å². The minimum Gasteiger partial charge on any atom is -0.377 e. The van der Waals surface area contributed by atoms with Gasteiger partial charge in [-0.3, -0.25) is 0 Å². The van der Waals surface area contributed by atoms with Gasteiger partial charge in [0, 0.05) is 6.54 Å². The van der Waals surface area contributed by atoms with Crippen molar-refractivity contribution in [2.45, 2.75) is 19.4 Å². The first-order valence-electron chi connectivity index (χ1n) is 5.80. The van der Waals surface area contributed by atoms with Crippen molar-refractivity contribution in [1.82, 2.24) is 0 Å². The van der Waals surface area contributed by atoms with Crippen LogP contribution in [0.25, 0.3) is 0 Å². The third-order valence-corrected chi connectivity index (χ3v) is 3.39. The fraction of sp³-hybridized carbons (Fsp3) is 0.462. The van der Waals surface area contributed by atoms with Gasteiger partial charge in [0.1, 0.15) is 0 Å². The van der Waals surface area contributed by atoms with Crippen molar-refractivity contribution in [3.63, 3.8) is 0 Å². The van der Waals surface area contributed by atoms with Crippen LogP contribution in [0.1, 0.15) is 18.9 Å². The number of morpholine rings is 1. The zero-order valence-corrected chi connectivity index (χ0v) is 10.6. The van der Waals surface area contributed by atoms with Crippen molar-refractivity contribution >= 4 is 17.3 Å². The number of hydrogen-bond donors (Lipinski definition) is 0. The first kappa shape index (κ1) is 12.2. The first-order chi connectivity index (χ1) is 8.26. The highest BCUT2D eigenvalue weighted by Crippen LogP contribution is 2.30. The van der Waals surface area contributed by atoms with E-state index in [-0.39, 0.29) is 0 Å². The smallest absolute Gasteiger partial charge is 0.0992 e. The summed E-state index contributed by atoms with van der Waals surface area (Å²) in [4.78, 5) is 2.27. The molecule has 1 atom stereocenters. The average molecular weight is 251 g/mol. The lowest BCUT2D eigenvalue weighted by Gasteiger charge is -2.37. The molecule has 0 amide bonds. The van der Waals surface area contributed by atoms with Crippen LogP contribution in [0.3, 0.4) is 0 Å². The molecule has 0 saturated carbocycles. The van der Waals surface area contributed by atoms with Gasteiger partial charge < -0.3 is 9.64 Å². The number of rotatable bonds is 2. The molecule has 4 heteroatoms. The number of nitrogens with zero attached hydrogens (tertiary/aromatic N) is 2. The van der Waals surface area contributed by atoms with Crippen molar-refractivity contribution in [3.8, 4) is 6.07 Å². The molecule has 1 aliphatic rings. The lowest BCUT2D eigenvalue weighted by atomic mass is 10.1. The molecule has 3 nitrogen and oxygen atoms in total. The van der Waals surface area contributed by atoms with Crippen LogP contribution in [0, 0.1) is 11.3 Å². The number of halogens is 1. The number of benzene rings is 1. The van der Waals surface area contributed by atoms with Crippen molar-refractivity contribution in [3.05, 3.63) is 28.8 Å². The van der Waals surface area contributed by atoms with E-state index in [2.05, 4.69) is 17.9 Å². The molecule has 0 bridgehead atoms. The second kappa shape index (κ2) is 5.39. The molecule has 0 spiro atoms. The summed E-state index contributed by atoms with van der Waals surface area (Å²) < 4.78 is 5.47. The van der Waals surface area contributed by atoms with Gasteiger partial charge in [-0.25, -0.2) is 0 Å². The molecule has 1 saturated heterocycles. The Bertz CT molecular complexity index is 442. The van der Waals surface area contributed by atoms with E-state index in [1.807, 2.05) is 12.1 Å². The van der Waals surface area contributed by atoms with Gasteiger partial charge in [-0.2, -0.15) is 5.26 Å². The lowest BCUT2D eigenvalue weighted by Crippen LogP contribution is -2.45. The number of nitriles is 1. The molecule has 1 heterocycles. The van der Waals surface area contributed by atoms with E-state index in [0.717, 1.165) is 31.9 Å². The molecule has 17 heavy (non-hydrogen) atoms. The van der Waals surface area contributed by atoms with Crippen LogP contribution in [0.15, 0.2) is 18.2 Å². The molecular weight excluding hydrogens is 236 g/mol.